The van der Waals surface area contributed by atoms with Gasteiger partial charge in [-0.25, -0.2) is 4.79 Å². The number of likely N-dealkylation sites (tertiary alicyclic amines) is 1. The van der Waals surface area contributed by atoms with E-state index < -0.39 is 0 Å². The SMILES string of the molecule is CC(C)(Sc1ccccc1Cl)C1CCN(C(=O)Nc2ccns2)CC1. The molecule has 7 heteroatoms. The number of hydrogen-bond donors (Lipinski definition) is 1. The average Bonchev–Trinajstić information content (AvgIpc) is 3.10. The molecule has 4 nitrogen and oxygen atoms in total. The zero-order valence-corrected chi connectivity index (χ0v) is 16.8. The predicted octanol–water partition coefficient (Wildman–Crippen LogP) is 5.61. The van der Waals surface area contributed by atoms with E-state index in [4.69, 9.17) is 11.6 Å². The number of carbonyl (C=O) groups excluding carboxylic acids is 1. The van der Waals surface area contributed by atoms with Crippen molar-refractivity contribution >= 4 is 45.9 Å². The van der Waals surface area contributed by atoms with Gasteiger partial charge in [-0.2, -0.15) is 4.37 Å². The van der Waals surface area contributed by atoms with Gasteiger partial charge in [0.1, 0.15) is 5.00 Å². The van der Waals surface area contributed by atoms with Gasteiger partial charge in [0.05, 0.1) is 5.02 Å². The minimum atomic E-state index is -0.0285. The number of hydrogen-bond acceptors (Lipinski definition) is 4. The first-order valence-corrected chi connectivity index (χ1v) is 10.3. The lowest BCUT2D eigenvalue weighted by atomic mass is 9.86. The van der Waals surface area contributed by atoms with Gasteiger partial charge >= 0.3 is 6.03 Å². The topological polar surface area (TPSA) is 45.2 Å². The molecular formula is C18H22ClN3OS2. The number of nitrogens with one attached hydrogen (secondary N) is 1. The summed E-state index contributed by atoms with van der Waals surface area (Å²) >= 11 is 9.45. The van der Waals surface area contributed by atoms with E-state index in [1.807, 2.05) is 40.9 Å². The third kappa shape index (κ3) is 4.68. The molecule has 1 aromatic heterocycles. The molecule has 1 aliphatic heterocycles. The van der Waals surface area contributed by atoms with Crippen LogP contribution in [0.5, 0.6) is 0 Å². The molecule has 0 unspecified atom stereocenters. The molecule has 1 aliphatic rings. The van der Waals surface area contributed by atoms with Crippen molar-refractivity contribution in [3.05, 3.63) is 41.6 Å². The minimum Gasteiger partial charge on any atom is -0.324 e. The second kappa shape index (κ2) is 7.98. The van der Waals surface area contributed by atoms with Crippen LogP contribution >= 0.6 is 34.9 Å². The van der Waals surface area contributed by atoms with Crippen molar-refractivity contribution in [2.75, 3.05) is 18.4 Å². The lowest BCUT2D eigenvalue weighted by Gasteiger charge is -2.40. The fourth-order valence-corrected chi connectivity index (χ4v) is 5.16. The van der Waals surface area contributed by atoms with E-state index in [0.717, 1.165) is 40.9 Å². The van der Waals surface area contributed by atoms with Crippen LogP contribution in [-0.4, -0.2) is 33.1 Å². The molecule has 1 N–H and O–H groups in total. The molecule has 0 spiro atoms. The number of amides is 2. The third-order valence-electron chi connectivity index (χ3n) is 4.64. The summed E-state index contributed by atoms with van der Waals surface area (Å²) in [4.78, 5) is 15.3. The van der Waals surface area contributed by atoms with Crippen molar-refractivity contribution in [3.8, 4) is 0 Å². The molecule has 134 valence electrons. The monoisotopic (exact) mass is 395 g/mol. The smallest absolute Gasteiger partial charge is 0.322 e. The second-order valence-corrected chi connectivity index (χ2v) is 9.64. The first kappa shape index (κ1) is 18.5. The highest BCUT2D eigenvalue weighted by Gasteiger charge is 2.35. The molecule has 0 atom stereocenters. The fraction of sp³-hybridized carbons (Fsp3) is 0.444. The Morgan fingerprint density at radius 3 is 2.68 bits per heavy atom. The summed E-state index contributed by atoms with van der Waals surface area (Å²) in [6.07, 6.45) is 3.70. The number of halogens is 1. The van der Waals surface area contributed by atoms with Crippen LogP contribution < -0.4 is 5.32 Å². The summed E-state index contributed by atoms with van der Waals surface area (Å²) in [6, 6.07) is 9.78. The molecule has 25 heavy (non-hydrogen) atoms. The van der Waals surface area contributed by atoms with Gasteiger partial charge in [-0.1, -0.05) is 37.6 Å². The number of anilines is 1. The normalized spacial score (nSPS) is 16.0. The van der Waals surface area contributed by atoms with Crippen molar-refractivity contribution in [2.24, 2.45) is 5.92 Å². The molecule has 2 aromatic rings. The van der Waals surface area contributed by atoms with Crippen molar-refractivity contribution in [2.45, 2.75) is 36.3 Å². The summed E-state index contributed by atoms with van der Waals surface area (Å²) in [6.45, 7) is 6.11. The van der Waals surface area contributed by atoms with Gasteiger partial charge in [-0.05, 0) is 48.5 Å². The summed E-state index contributed by atoms with van der Waals surface area (Å²) in [7, 11) is 0. The van der Waals surface area contributed by atoms with E-state index in [1.54, 1.807) is 6.20 Å². The van der Waals surface area contributed by atoms with E-state index >= 15 is 0 Å². The summed E-state index contributed by atoms with van der Waals surface area (Å²) in [5, 5.41) is 4.51. The number of piperidine rings is 1. The zero-order chi connectivity index (χ0) is 17.9. The molecule has 2 amide bonds. The number of thioether (sulfide) groups is 1. The number of urea groups is 1. The Labute approximate surface area is 162 Å². The number of carbonyl (C=O) groups is 1. The Balaban J connectivity index is 1.55. The largest absolute Gasteiger partial charge is 0.324 e. The molecule has 1 aromatic carbocycles. The lowest BCUT2D eigenvalue weighted by molar-refractivity contribution is 0.173. The molecule has 0 aliphatic carbocycles. The Hall–Kier alpha value is -1.24. The van der Waals surface area contributed by atoms with Crippen LogP contribution in [0.25, 0.3) is 0 Å². The third-order valence-corrected chi connectivity index (χ3v) is 7.18. The minimum absolute atomic E-state index is 0.0285. The second-order valence-electron chi connectivity index (χ2n) is 6.70. The highest BCUT2D eigenvalue weighted by Crippen LogP contribution is 2.44. The van der Waals surface area contributed by atoms with Crippen molar-refractivity contribution in [1.29, 1.82) is 0 Å². The van der Waals surface area contributed by atoms with E-state index in [1.165, 1.54) is 11.5 Å². The lowest BCUT2D eigenvalue weighted by Crippen LogP contribution is -2.44. The Morgan fingerprint density at radius 2 is 2.04 bits per heavy atom. The van der Waals surface area contributed by atoms with Crippen molar-refractivity contribution in [1.82, 2.24) is 9.27 Å². The Kier molecular flexibility index (Phi) is 5.92. The molecule has 0 saturated carbocycles. The highest BCUT2D eigenvalue weighted by molar-refractivity contribution is 8.00. The first-order chi connectivity index (χ1) is 12.0. The van der Waals surface area contributed by atoms with E-state index in [2.05, 4.69) is 29.6 Å². The van der Waals surface area contributed by atoms with E-state index in [9.17, 15) is 4.79 Å². The average molecular weight is 396 g/mol. The number of rotatable bonds is 4. The van der Waals surface area contributed by atoms with Gasteiger partial charge in [0.15, 0.2) is 0 Å². The van der Waals surface area contributed by atoms with Crippen molar-refractivity contribution in [3.63, 3.8) is 0 Å². The van der Waals surface area contributed by atoms with Crippen LogP contribution in [0.2, 0.25) is 5.02 Å². The molecule has 1 saturated heterocycles. The van der Waals surface area contributed by atoms with Crippen molar-refractivity contribution < 1.29 is 4.79 Å². The van der Waals surface area contributed by atoms with Crippen LogP contribution in [0.3, 0.4) is 0 Å². The Bertz CT molecular complexity index is 713. The fourth-order valence-electron chi connectivity index (χ4n) is 3.14. The quantitative estimate of drug-likeness (QED) is 0.684. The Morgan fingerprint density at radius 1 is 1.32 bits per heavy atom. The maximum atomic E-state index is 12.3. The molecule has 3 rings (SSSR count). The van der Waals surface area contributed by atoms with Gasteiger partial charge in [-0.3, -0.25) is 5.32 Å². The summed E-state index contributed by atoms with van der Waals surface area (Å²) in [5.41, 5.74) is 0. The van der Waals surface area contributed by atoms with Gasteiger partial charge in [0.2, 0.25) is 0 Å². The van der Waals surface area contributed by atoms with Gasteiger partial charge in [0, 0.05) is 28.9 Å². The zero-order valence-electron chi connectivity index (χ0n) is 14.4. The van der Waals surface area contributed by atoms with Crippen LogP contribution in [0, 0.1) is 5.92 Å². The maximum Gasteiger partial charge on any atom is 0.322 e. The number of nitrogens with zero attached hydrogens (tertiary/aromatic N) is 2. The van der Waals surface area contributed by atoms with Crippen LogP contribution in [0.1, 0.15) is 26.7 Å². The summed E-state index contributed by atoms with van der Waals surface area (Å²) in [5.74, 6) is 0.543. The van der Waals surface area contributed by atoms with Gasteiger partial charge < -0.3 is 4.90 Å². The highest BCUT2D eigenvalue weighted by atomic mass is 35.5. The first-order valence-electron chi connectivity index (χ1n) is 8.36. The van der Waals surface area contributed by atoms with Crippen LogP contribution in [-0.2, 0) is 0 Å². The standard InChI is InChI=1S/C18H22ClN3OS2/c1-18(2,24-15-6-4-3-5-14(15)19)13-8-11-22(12-9-13)17(23)21-16-7-10-20-25-16/h3-7,10,13H,8-9,11-12H2,1-2H3,(H,21,23). The predicted molar refractivity (Wildman–Crippen MR) is 107 cm³/mol. The maximum absolute atomic E-state index is 12.3. The van der Waals surface area contributed by atoms with Gasteiger partial charge in [-0.15, -0.1) is 11.8 Å². The molecule has 2 heterocycles. The molecule has 0 bridgehead atoms. The number of benzene rings is 1. The summed E-state index contributed by atoms with van der Waals surface area (Å²) < 4.78 is 4.08. The van der Waals surface area contributed by atoms with E-state index in [-0.39, 0.29) is 10.8 Å². The van der Waals surface area contributed by atoms with Gasteiger partial charge in [0.25, 0.3) is 0 Å². The molecular weight excluding hydrogens is 374 g/mol. The number of aromatic nitrogens is 1. The van der Waals surface area contributed by atoms with Crippen LogP contribution in [0.15, 0.2) is 41.4 Å². The van der Waals surface area contributed by atoms with Crippen LogP contribution in [0.4, 0.5) is 9.80 Å². The van der Waals surface area contributed by atoms with E-state index in [0.29, 0.717) is 5.92 Å². The molecule has 0 radical (unpaired) electrons. The molecule has 1 fully saturated rings.